The van der Waals surface area contributed by atoms with E-state index in [0.29, 0.717) is 9.64 Å². The van der Waals surface area contributed by atoms with Gasteiger partial charge in [0.05, 0.1) is 23.2 Å². The smallest absolute Gasteiger partial charge is 0.244 e. The average Bonchev–Trinajstić information content (AvgIpc) is 2.81. The molecule has 0 N–H and O–H groups in total. The summed E-state index contributed by atoms with van der Waals surface area (Å²) < 4.78 is 38.6. The largest absolute Gasteiger partial charge is 0.313 e. The van der Waals surface area contributed by atoms with Crippen molar-refractivity contribution in [3.63, 3.8) is 0 Å². The molecule has 0 bridgehead atoms. The molecule has 1 amide bonds. The van der Waals surface area contributed by atoms with Gasteiger partial charge < -0.3 is 4.90 Å². The third-order valence-corrected chi connectivity index (χ3v) is 7.19. The Morgan fingerprint density at radius 2 is 2.18 bits per heavy atom. The van der Waals surface area contributed by atoms with E-state index in [1.54, 1.807) is 17.0 Å². The lowest BCUT2D eigenvalue weighted by atomic mass is 10.2. The Balaban J connectivity index is 2.08. The monoisotopic (exact) mass is 406 g/mol. The minimum atomic E-state index is -3.15. The third kappa shape index (κ3) is 2.93. The number of fused-ring (bicyclic) bond motifs is 1. The second-order valence-corrected chi connectivity index (χ2v) is 9.46. The first-order valence-electron chi connectivity index (χ1n) is 6.47. The van der Waals surface area contributed by atoms with E-state index in [-0.39, 0.29) is 22.4 Å². The van der Waals surface area contributed by atoms with Crippen molar-refractivity contribution >= 4 is 54.3 Å². The Morgan fingerprint density at radius 3 is 2.82 bits per heavy atom. The van der Waals surface area contributed by atoms with Crippen LogP contribution in [0.15, 0.2) is 27.7 Å². The topological polar surface area (TPSA) is 66.8 Å². The Hall–Kier alpha value is -0.930. The number of thioether (sulfide) groups is 1. The van der Waals surface area contributed by atoms with Crippen LogP contribution >= 0.6 is 27.7 Å². The van der Waals surface area contributed by atoms with E-state index < -0.39 is 27.6 Å². The van der Waals surface area contributed by atoms with Gasteiger partial charge in [-0.15, -0.1) is 0 Å². The summed E-state index contributed by atoms with van der Waals surface area (Å²) >= 11 is 4.42. The summed E-state index contributed by atoms with van der Waals surface area (Å²) in [5.74, 6) is -0.922. The summed E-state index contributed by atoms with van der Waals surface area (Å²) in [5, 5.41) is 0.129. The van der Waals surface area contributed by atoms with Crippen LogP contribution in [0.5, 0.6) is 0 Å². The average molecular weight is 407 g/mol. The molecule has 0 radical (unpaired) electrons. The van der Waals surface area contributed by atoms with Gasteiger partial charge >= 0.3 is 0 Å². The van der Waals surface area contributed by atoms with Gasteiger partial charge in [-0.2, -0.15) is 4.99 Å². The summed E-state index contributed by atoms with van der Waals surface area (Å²) in [6.07, 6.45) is 0. The van der Waals surface area contributed by atoms with Crippen molar-refractivity contribution < 1.29 is 17.6 Å². The number of hydrogen-bond acceptors (Lipinski definition) is 4. The van der Waals surface area contributed by atoms with Crippen LogP contribution < -0.4 is 4.90 Å². The molecule has 1 aromatic rings. The molecule has 0 spiro atoms. The van der Waals surface area contributed by atoms with Crippen LogP contribution in [0, 0.1) is 5.82 Å². The third-order valence-electron chi connectivity index (χ3n) is 3.49. The number of amidine groups is 1. The quantitative estimate of drug-likeness (QED) is 0.714. The van der Waals surface area contributed by atoms with E-state index in [9.17, 15) is 17.6 Å². The maximum Gasteiger partial charge on any atom is 0.244 e. The fraction of sp³-hybridized carbons (Fsp3) is 0.385. The highest BCUT2D eigenvalue weighted by Gasteiger charge is 2.49. The summed E-state index contributed by atoms with van der Waals surface area (Å²) in [7, 11) is -3.15. The number of amides is 1. The summed E-state index contributed by atoms with van der Waals surface area (Å²) in [4.78, 5) is 16.8. The molecule has 2 saturated heterocycles. The van der Waals surface area contributed by atoms with Crippen molar-refractivity contribution in [2.24, 2.45) is 4.99 Å². The summed E-state index contributed by atoms with van der Waals surface area (Å²) in [6, 6.07) is 4.14. The number of carbonyl (C=O) groups is 1. The second-order valence-electron chi connectivity index (χ2n) is 5.18. The fourth-order valence-electron chi connectivity index (χ4n) is 2.66. The number of rotatable bonds is 1. The molecule has 2 heterocycles. The van der Waals surface area contributed by atoms with Crippen LogP contribution in [0.2, 0.25) is 0 Å². The Bertz CT molecular complexity index is 781. The van der Waals surface area contributed by atoms with E-state index >= 15 is 0 Å². The van der Waals surface area contributed by atoms with E-state index in [1.165, 1.54) is 24.8 Å². The molecule has 0 aliphatic carbocycles. The molecule has 2 atom stereocenters. The molecule has 2 aliphatic heterocycles. The zero-order valence-electron chi connectivity index (χ0n) is 11.5. The number of benzene rings is 1. The molecule has 118 valence electrons. The molecular formula is C13H12BrFN2O3S2. The number of halogens is 2. The van der Waals surface area contributed by atoms with Crippen molar-refractivity contribution in [1.29, 1.82) is 0 Å². The summed E-state index contributed by atoms with van der Waals surface area (Å²) in [5.41, 5.74) is 0.236. The minimum Gasteiger partial charge on any atom is -0.313 e. The van der Waals surface area contributed by atoms with Crippen LogP contribution in [0.4, 0.5) is 10.1 Å². The Kier molecular flexibility index (Phi) is 4.07. The molecule has 2 aliphatic rings. The highest BCUT2D eigenvalue weighted by atomic mass is 79.9. The molecule has 9 heteroatoms. The molecule has 0 aromatic heterocycles. The van der Waals surface area contributed by atoms with Crippen LogP contribution in [-0.4, -0.2) is 42.3 Å². The van der Waals surface area contributed by atoms with Gasteiger partial charge in [0.25, 0.3) is 0 Å². The van der Waals surface area contributed by atoms with Crippen molar-refractivity contribution in [2.45, 2.75) is 18.2 Å². The number of aliphatic imine (C=N–C) groups is 1. The second kappa shape index (κ2) is 5.61. The number of carbonyl (C=O) groups excluding carboxylic acids is 1. The first kappa shape index (κ1) is 15.9. The van der Waals surface area contributed by atoms with Crippen molar-refractivity contribution in [3.8, 4) is 0 Å². The van der Waals surface area contributed by atoms with E-state index in [4.69, 9.17) is 0 Å². The van der Waals surface area contributed by atoms with Crippen LogP contribution in [0.1, 0.15) is 6.92 Å². The standard InChI is InChI=1S/C13H12BrFN2O3S2/c1-7(18)16-13-17(10-3-2-8(14)4-9(10)15)11-5-22(19,20)6-12(11)21-13/h2-4,11-12H,5-6H2,1H3/t11-,12+/m0/s1. The lowest BCUT2D eigenvalue weighted by Crippen LogP contribution is -2.38. The first-order valence-corrected chi connectivity index (χ1v) is 9.97. The van der Waals surface area contributed by atoms with Gasteiger partial charge in [-0.3, -0.25) is 4.79 Å². The predicted octanol–water partition coefficient (Wildman–Crippen LogP) is 2.21. The molecule has 5 nitrogen and oxygen atoms in total. The fourth-order valence-corrected chi connectivity index (χ4v) is 6.94. The zero-order valence-corrected chi connectivity index (χ0v) is 14.7. The van der Waals surface area contributed by atoms with Crippen molar-refractivity contribution in [2.75, 3.05) is 16.4 Å². The Labute approximate surface area is 140 Å². The minimum absolute atomic E-state index is 0.0217. The summed E-state index contributed by atoms with van der Waals surface area (Å²) in [6.45, 7) is 1.31. The van der Waals surface area contributed by atoms with Crippen LogP contribution in [-0.2, 0) is 14.6 Å². The van der Waals surface area contributed by atoms with E-state index in [2.05, 4.69) is 20.9 Å². The van der Waals surface area contributed by atoms with Gasteiger partial charge in [-0.1, -0.05) is 27.7 Å². The van der Waals surface area contributed by atoms with E-state index in [1.807, 2.05) is 0 Å². The molecule has 0 unspecified atom stereocenters. The molecule has 3 rings (SSSR count). The van der Waals surface area contributed by atoms with Gasteiger partial charge in [0.2, 0.25) is 5.91 Å². The number of nitrogens with zero attached hydrogens (tertiary/aromatic N) is 2. The van der Waals surface area contributed by atoms with Crippen LogP contribution in [0.25, 0.3) is 0 Å². The molecule has 22 heavy (non-hydrogen) atoms. The van der Waals surface area contributed by atoms with Gasteiger partial charge in [-0.25, -0.2) is 12.8 Å². The highest BCUT2D eigenvalue weighted by Crippen LogP contribution is 2.42. The number of hydrogen-bond donors (Lipinski definition) is 0. The molecule has 1 aromatic carbocycles. The van der Waals surface area contributed by atoms with Gasteiger partial charge in [0, 0.05) is 16.6 Å². The first-order chi connectivity index (χ1) is 10.3. The SMILES string of the molecule is CC(=O)N=C1S[C@@H]2CS(=O)(=O)C[C@@H]2N1c1ccc(Br)cc1F. The number of anilines is 1. The number of sulfone groups is 1. The molecule has 0 saturated carbocycles. The molecular weight excluding hydrogens is 395 g/mol. The van der Waals surface area contributed by atoms with Gasteiger partial charge in [-0.05, 0) is 18.2 Å². The lowest BCUT2D eigenvalue weighted by molar-refractivity contribution is -0.115. The maximum atomic E-state index is 14.3. The van der Waals surface area contributed by atoms with E-state index in [0.717, 1.165) is 0 Å². The predicted molar refractivity (Wildman–Crippen MR) is 88.5 cm³/mol. The lowest BCUT2D eigenvalue weighted by Gasteiger charge is -2.24. The Morgan fingerprint density at radius 1 is 1.45 bits per heavy atom. The van der Waals surface area contributed by atoms with Gasteiger partial charge in [0.15, 0.2) is 15.0 Å². The zero-order chi connectivity index (χ0) is 16.1. The normalized spacial score (nSPS) is 28.1. The van der Waals surface area contributed by atoms with Crippen LogP contribution in [0.3, 0.4) is 0 Å². The van der Waals surface area contributed by atoms with Crippen molar-refractivity contribution in [3.05, 3.63) is 28.5 Å². The maximum absolute atomic E-state index is 14.3. The highest BCUT2D eigenvalue weighted by molar-refractivity contribution is 9.10. The van der Waals surface area contributed by atoms with Crippen molar-refractivity contribution in [1.82, 2.24) is 0 Å². The van der Waals surface area contributed by atoms with Gasteiger partial charge in [0.1, 0.15) is 5.82 Å². The molecule has 2 fully saturated rings.